The molecule has 1 unspecified atom stereocenters. The fourth-order valence-corrected chi connectivity index (χ4v) is 3.59. The van der Waals surface area contributed by atoms with Gasteiger partial charge in [-0.05, 0) is 54.7 Å². The third kappa shape index (κ3) is 3.60. The standard InChI is InChI=1S/C22H21N5O/c1-27-10-9-22(26-27)25-20-12-18(7-6-17(20)14-24)28-21-4-2-3-16-11-15(13-23)5-8-19(16)21/h5-12,14,21,24H,2-4H2,1H3,(H,25,26). The van der Waals surface area contributed by atoms with Crippen LogP contribution in [-0.2, 0) is 13.5 Å². The van der Waals surface area contributed by atoms with E-state index in [1.165, 1.54) is 11.8 Å². The summed E-state index contributed by atoms with van der Waals surface area (Å²) in [5.41, 5.74) is 4.58. The molecule has 6 nitrogen and oxygen atoms in total. The Kier molecular flexibility index (Phi) is 4.81. The van der Waals surface area contributed by atoms with Gasteiger partial charge in [-0.15, -0.1) is 0 Å². The van der Waals surface area contributed by atoms with Gasteiger partial charge in [-0.2, -0.15) is 10.4 Å². The first-order valence-corrected chi connectivity index (χ1v) is 9.27. The van der Waals surface area contributed by atoms with Crippen LogP contribution in [-0.4, -0.2) is 16.0 Å². The van der Waals surface area contributed by atoms with E-state index in [-0.39, 0.29) is 6.10 Å². The van der Waals surface area contributed by atoms with Gasteiger partial charge in [-0.25, -0.2) is 0 Å². The first kappa shape index (κ1) is 17.8. The van der Waals surface area contributed by atoms with Gasteiger partial charge in [0.25, 0.3) is 0 Å². The van der Waals surface area contributed by atoms with Crippen molar-refractivity contribution in [1.29, 1.82) is 10.7 Å². The zero-order valence-electron chi connectivity index (χ0n) is 15.6. The Bertz CT molecular complexity index is 1060. The van der Waals surface area contributed by atoms with Crippen molar-refractivity contribution in [1.82, 2.24) is 9.78 Å². The van der Waals surface area contributed by atoms with Crippen LogP contribution in [0, 0.1) is 16.7 Å². The normalized spacial score (nSPS) is 15.4. The maximum Gasteiger partial charge on any atom is 0.152 e. The van der Waals surface area contributed by atoms with E-state index in [0.29, 0.717) is 5.56 Å². The van der Waals surface area contributed by atoms with Gasteiger partial charge in [0.2, 0.25) is 0 Å². The highest BCUT2D eigenvalue weighted by molar-refractivity contribution is 5.87. The van der Waals surface area contributed by atoms with Gasteiger partial charge in [0.05, 0.1) is 17.3 Å². The molecule has 0 aliphatic heterocycles. The molecule has 1 aromatic heterocycles. The van der Waals surface area contributed by atoms with Crippen LogP contribution in [0.4, 0.5) is 11.5 Å². The fourth-order valence-electron chi connectivity index (χ4n) is 3.59. The van der Waals surface area contributed by atoms with Crippen LogP contribution in [0.25, 0.3) is 0 Å². The Balaban J connectivity index is 1.60. The van der Waals surface area contributed by atoms with Crippen molar-refractivity contribution in [2.45, 2.75) is 25.4 Å². The molecule has 1 aliphatic rings. The van der Waals surface area contributed by atoms with Gasteiger partial charge in [-0.1, -0.05) is 6.07 Å². The zero-order chi connectivity index (χ0) is 19.5. The van der Waals surface area contributed by atoms with Crippen molar-refractivity contribution in [2.24, 2.45) is 7.05 Å². The van der Waals surface area contributed by atoms with E-state index in [0.717, 1.165) is 47.6 Å². The Morgan fingerprint density at radius 3 is 2.93 bits per heavy atom. The van der Waals surface area contributed by atoms with Crippen LogP contribution >= 0.6 is 0 Å². The number of nitriles is 1. The van der Waals surface area contributed by atoms with E-state index in [9.17, 15) is 0 Å². The summed E-state index contributed by atoms with van der Waals surface area (Å²) in [6.07, 6.45) is 6.09. The molecule has 6 heteroatoms. The van der Waals surface area contributed by atoms with E-state index in [2.05, 4.69) is 16.5 Å². The molecule has 1 aliphatic carbocycles. The van der Waals surface area contributed by atoms with Crippen molar-refractivity contribution in [3.8, 4) is 11.8 Å². The van der Waals surface area contributed by atoms with Crippen molar-refractivity contribution >= 4 is 17.7 Å². The minimum atomic E-state index is -0.0370. The van der Waals surface area contributed by atoms with Gasteiger partial charge in [0.1, 0.15) is 11.9 Å². The minimum absolute atomic E-state index is 0.0370. The molecule has 0 radical (unpaired) electrons. The maximum absolute atomic E-state index is 9.13. The topological polar surface area (TPSA) is 86.7 Å². The molecule has 2 aromatic carbocycles. The number of fused-ring (bicyclic) bond motifs is 1. The van der Waals surface area contributed by atoms with E-state index in [4.69, 9.17) is 15.4 Å². The minimum Gasteiger partial charge on any atom is -0.486 e. The van der Waals surface area contributed by atoms with E-state index < -0.39 is 0 Å². The van der Waals surface area contributed by atoms with Crippen LogP contribution in [0.3, 0.4) is 0 Å². The molecule has 3 aromatic rings. The van der Waals surface area contributed by atoms with Gasteiger partial charge in [-0.3, -0.25) is 4.68 Å². The van der Waals surface area contributed by atoms with Crippen molar-refractivity contribution < 1.29 is 4.74 Å². The van der Waals surface area contributed by atoms with Gasteiger partial charge >= 0.3 is 0 Å². The number of nitrogens with zero attached hydrogens (tertiary/aromatic N) is 3. The van der Waals surface area contributed by atoms with E-state index in [1.54, 1.807) is 4.68 Å². The van der Waals surface area contributed by atoms with Crippen molar-refractivity contribution in [2.75, 3.05) is 5.32 Å². The number of nitrogens with one attached hydrogen (secondary N) is 2. The second-order valence-electron chi connectivity index (χ2n) is 6.92. The number of aryl methyl sites for hydroxylation is 2. The lowest BCUT2D eigenvalue weighted by atomic mass is 9.88. The first-order valence-electron chi connectivity index (χ1n) is 9.27. The molecule has 140 valence electrons. The number of hydrogen-bond acceptors (Lipinski definition) is 5. The number of rotatable bonds is 5. The molecule has 0 spiro atoms. The summed E-state index contributed by atoms with van der Waals surface area (Å²) >= 11 is 0. The highest BCUT2D eigenvalue weighted by Crippen LogP contribution is 2.35. The smallest absolute Gasteiger partial charge is 0.152 e. The van der Waals surface area contributed by atoms with Gasteiger partial charge in [0.15, 0.2) is 5.82 Å². The highest BCUT2D eigenvalue weighted by Gasteiger charge is 2.22. The van der Waals surface area contributed by atoms with E-state index >= 15 is 0 Å². The van der Waals surface area contributed by atoms with Crippen LogP contribution < -0.4 is 10.1 Å². The quantitative estimate of drug-likeness (QED) is 0.647. The molecule has 0 fully saturated rings. The van der Waals surface area contributed by atoms with E-state index in [1.807, 2.05) is 55.7 Å². The predicted octanol–water partition coefficient (Wildman–Crippen LogP) is 4.49. The molecular formula is C22H21N5O. The number of aromatic nitrogens is 2. The summed E-state index contributed by atoms with van der Waals surface area (Å²) in [5.74, 6) is 1.46. The lowest BCUT2D eigenvalue weighted by molar-refractivity contribution is 0.183. The summed E-state index contributed by atoms with van der Waals surface area (Å²) in [5, 5.41) is 24.4. The summed E-state index contributed by atoms with van der Waals surface area (Å²) in [7, 11) is 1.86. The largest absolute Gasteiger partial charge is 0.486 e. The average Bonchev–Trinajstić information content (AvgIpc) is 3.12. The summed E-state index contributed by atoms with van der Waals surface area (Å²) < 4.78 is 8.04. The maximum atomic E-state index is 9.13. The number of ether oxygens (including phenoxy) is 1. The molecule has 28 heavy (non-hydrogen) atoms. The molecule has 0 amide bonds. The monoisotopic (exact) mass is 371 g/mol. The van der Waals surface area contributed by atoms with Gasteiger partial charge in [0, 0.05) is 37.2 Å². The highest BCUT2D eigenvalue weighted by atomic mass is 16.5. The summed E-state index contributed by atoms with van der Waals surface area (Å²) in [6, 6.07) is 15.6. The van der Waals surface area contributed by atoms with Crippen LogP contribution in [0.5, 0.6) is 5.75 Å². The number of anilines is 2. The molecule has 0 saturated heterocycles. The number of benzene rings is 2. The molecule has 1 atom stereocenters. The third-order valence-electron chi connectivity index (χ3n) is 4.97. The number of hydrogen-bond donors (Lipinski definition) is 2. The summed E-state index contributed by atoms with van der Waals surface area (Å²) in [6.45, 7) is 0. The SMILES string of the molecule is Cn1ccc(Nc2cc(OC3CCCc4cc(C#N)ccc43)ccc2C=N)n1. The molecule has 4 rings (SSSR count). The lowest BCUT2D eigenvalue weighted by Crippen LogP contribution is -2.15. The summed E-state index contributed by atoms with van der Waals surface area (Å²) in [4.78, 5) is 0. The van der Waals surface area contributed by atoms with Crippen molar-refractivity contribution in [3.05, 3.63) is 70.9 Å². The van der Waals surface area contributed by atoms with Crippen molar-refractivity contribution in [3.63, 3.8) is 0 Å². The molecule has 0 bridgehead atoms. The third-order valence-corrected chi connectivity index (χ3v) is 4.97. The van der Waals surface area contributed by atoms with Crippen LogP contribution in [0.15, 0.2) is 48.7 Å². The first-order chi connectivity index (χ1) is 13.7. The Morgan fingerprint density at radius 2 is 2.18 bits per heavy atom. The molecule has 2 N–H and O–H groups in total. The average molecular weight is 371 g/mol. The van der Waals surface area contributed by atoms with Crippen LogP contribution in [0.1, 0.15) is 41.2 Å². The second-order valence-corrected chi connectivity index (χ2v) is 6.92. The molecule has 0 saturated carbocycles. The predicted molar refractivity (Wildman–Crippen MR) is 108 cm³/mol. The zero-order valence-corrected chi connectivity index (χ0v) is 15.6. The second kappa shape index (κ2) is 7.57. The van der Waals surface area contributed by atoms with Gasteiger partial charge < -0.3 is 15.5 Å². The molecular weight excluding hydrogens is 350 g/mol. The molecule has 1 heterocycles. The Hall–Kier alpha value is -3.59. The Labute approximate surface area is 163 Å². The fraction of sp³-hybridized carbons (Fsp3) is 0.227. The Morgan fingerprint density at radius 1 is 1.29 bits per heavy atom. The van der Waals surface area contributed by atoms with Crippen LogP contribution in [0.2, 0.25) is 0 Å². The lowest BCUT2D eigenvalue weighted by Gasteiger charge is -2.27.